The van der Waals surface area contributed by atoms with Crippen LogP contribution in [0.2, 0.25) is 0 Å². The maximum absolute atomic E-state index is 12.1. The number of amides is 1. The van der Waals surface area contributed by atoms with Gasteiger partial charge >= 0.3 is 0 Å². The number of carbonyl (C=O) groups excluding carboxylic acids is 1. The summed E-state index contributed by atoms with van der Waals surface area (Å²) in [5, 5.41) is 11.1. The van der Waals surface area contributed by atoms with Crippen LogP contribution in [0.4, 0.5) is 0 Å². The Labute approximate surface area is 142 Å². The highest BCUT2D eigenvalue weighted by atomic mass is 16.5. The van der Waals surface area contributed by atoms with Crippen molar-refractivity contribution in [2.24, 2.45) is 5.10 Å². The van der Waals surface area contributed by atoms with Gasteiger partial charge in [-0.25, -0.2) is 5.43 Å². The number of hydrogen-bond acceptors (Lipinski definition) is 4. The lowest BCUT2D eigenvalue weighted by Gasteiger charge is -2.14. The topological polar surface area (TPSA) is 79.4 Å². The Morgan fingerprint density at radius 2 is 1.96 bits per heavy atom. The first-order valence-corrected chi connectivity index (χ1v) is 7.95. The third-order valence-corrected chi connectivity index (χ3v) is 3.53. The van der Waals surface area contributed by atoms with Gasteiger partial charge in [0.1, 0.15) is 5.75 Å². The second kappa shape index (κ2) is 7.29. The van der Waals surface area contributed by atoms with E-state index in [9.17, 15) is 4.79 Å². The van der Waals surface area contributed by atoms with Gasteiger partial charge in [0.2, 0.25) is 0 Å². The molecule has 6 nitrogen and oxygen atoms in total. The molecule has 1 aromatic carbocycles. The highest BCUT2D eigenvalue weighted by Gasteiger charge is 2.19. The Bertz CT molecular complexity index is 724. The first-order valence-electron chi connectivity index (χ1n) is 7.95. The molecule has 2 rings (SSSR count). The number of benzene rings is 1. The highest BCUT2D eigenvalue weighted by Crippen LogP contribution is 2.20. The van der Waals surface area contributed by atoms with Crippen molar-refractivity contribution in [3.8, 4) is 5.75 Å². The minimum absolute atomic E-state index is 0.0903. The fraction of sp³-hybridized carbons (Fsp3) is 0.389. The van der Waals surface area contributed by atoms with Crippen LogP contribution < -0.4 is 10.2 Å². The number of aromatic amines is 1. The summed E-state index contributed by atoms with van der Waals surface area (Å²) in [7, 11) is 0. The van der Waals surface area contributed by atoms with Gasteiger partial charge in [-0.3, -0.25) is 9.89 Å². The van der Waals surface area contributed by atoms with Crippen molar-refractivity contribution < 1.29 is 9.53 Å². The molecule has 1 heterocycles. The number of hydrazone groups is 1. The van der Waals surface area contributed by atoms with Crippen LogP contribution in [0.15, 0.2) is 35.4 Å². The number of aromatic nitrogens is 2. The summed E-state index contributed by atoms with van der Waals surface area (Å²) in [6, 6.07) is 9.31. The molecule has 0 atom stereocenters. The van der Waals surface area contributed by atoms with Gasteiger partial charge in [-0.1, -0.05) is 20.8 Å². The molecule has 0 bridgehead atoms. The lowest BCUT2D eigenvalue weighted by Crippen LogP contribution is -2.19. The van der Waals surface area contributed by atoms with Gasteiger partial charge in [-0.15, -0.1) is 0 Å². The second-order valence-electron chi connectivity index (χ2n) is 6.51. The molecule has 1 amide bonds. The molecule has 0 aliphatic carbocycles. The maximum Gasteiger partial charge on any atom is 0.291 e. The third kappa shape index (κ3) is 4.44. The van der Waals surface area contributed by atoms with Crippen LogP contribution in [-0.2, 0) is 5.41 Å². The molecule has 0 radical (unpaired) electrons. The van der Waals surface area contributed by atoms with Crippen molar-refractivity contribution in [1.82, 2.24) is 15.6 Å². The first kappa shape index (κ1) is 17.7. The zero-order valence-electron chi connectivity index (χ0n) is 14.8. The number of nitrogens with zero attached hydrogens (tertiary/aromatic N) is 2. The quantitative estimate of drug-likeness (QED) is 0.653. The molecular weight excluding hydrogens is 304 g/mol. The van der Waals surface area contributed by atoms with Crippen molar-refractivity contribution in [3.63, 3.8) is 0 Å². The number of ether oxygens (including phenoxy) is 1. The van der Waals surface area contributed by atoms with Gasteiger partial charge < -0.3 is 4.74 Å². The summed E-state index contributed by atoms with van der Waals surface area (Å²) in [5.74, 6) is 0.469. The predicted octanol–water partition coefficient (Wildman–Crippen LogP) is 3.26. The largest absolute Gasteiger partial charge is 0.494 e. The van der Waals surface area contributed by atoms with Crippen molar-refractivity contribution in [2.45, 2.75) is 40.0 Å². The van der Waals surface area contributed by atoms with Crippen molar-refractivity contribution in [2.75, 3.05) is 6.61 Å². The van der Waals surface area contributed by atoms with E-state index in [1.165, 1.54) is 0 Å². The van der Waals surface area contributed by atoms with Crippen LogP contribution in [0.5, 0.6) is 5.75 Å². The second-order valence-corrected chi connectivity index (χ2v) is 6.51. The first-order chi connectivity index (χ1) is 11.3. The predicted molar refractivity (Wildman–Crippen MR) is 94.6 cm³/mol. The zero-order valence-corrected chi connectivity index (χ0v) is 14.8. The molecule has 6 heteroatoms. The lowest BCUT2D eigenvalue weighted by atomic mass is 9.92. The van der Waals surface area contributed by atoms with E-state index in [1.807, 2.05) is 38.1 Å². The van der Waals surface area contributed by atoms with E-state index in [2.05, 4.69) is 41.5 Å². The van der Waals surface area contributed by atoms with Crippen LogP contribution in [0, 0.1) is 0 Å². The van der Waals surface area contributed by atoms with Crippen molar-refractivity contribution >= 4 is 11.6 Å². The monoisotopic (exact) mass is 328 g/mol. The summed E-state index contributed by atoms with van der Waals surface area (Å²) in [4.78, 5) is 12.1. The fourth-order valence-electron chi connectivity index (χ4n) is 2.04. The lowest BCUT2D eigenvalue weighted by molar-refractivity contribution is 0.0950. The van der Waals surface area contributed by atoms with E-state index < -0.39 is 0 Å². The Morgan fingerprint density at radius 1 is 1.29 bits per heavy atom. The molecule has 0 spiro atoms. The van der Waals surface area contributed by atoms with Gasteiger partial charge in [0.25, 0.3) is 5.91 Å². The van der Waals surface area contributed by atoms with Gasteiger partial charge in [-0.05, 0) is 49.7 Å². The number of rotatable bonds is 5. The molecule has 128 valence electrons. The summed E-state index contributed by atoms with van der Waals surface area (Å²) in [6.07, 6.45) is 0. The minimum atomic E-state index is -0.341. The molecule has 0 saturated carbocycles. The highest BCUT2D eigenvalue weighted by molar-refractivity contribution is 6.00. The van der Waals surface area contributed by atoms with E-state index in [-0.39, 0.29) is 11.3 Å². The van der Waals surface area contributed by atoms with Gasteiger partial charge in [-0.2, -0.15) is 10.2 Å². The number of carbonyl (C=O) groups is 1. The van der Waals surface area contributed by atoms with E-state index in [1.54, 1.807) is 6.07 Å². The average molecular weight is 328 g/mol. The Morgan fingerprint density at radius 3 is 2.50 bits per heavy atom. The molecule has 0 unspecified atom stereocenters. The van der Waals surface area contributed by atoms with E-state index in [4.69, 9.17) is 4.74 Å². The summed E-state index contributed by atoms with van der Waals surface area (Å²) in [5.41, 5.74) is 5.29. The molecule has 2 N–H and O–H groups in total. The molecule has 0 fully saturated rings. The summed E-state index contributed by atoms with van der Waals surface area (Å²) >= 11 is 0. The standard InChI is InChI=1S/C18H24N4O2/c1-6-24-14-9-7-13(8-10-14)12(2)19-22-17(23)15-11-16(21-20-15)18(3,4)5/h7-11H,6H2,1-5H3,(H,20,21)(H,22,23)/b19-12-. The zero-order chi connectivity index (χ0) is 17.7. The Balaban J connectivity index is 2.03. The van der Waals surface area contributed by atoms with E-state index in [0.717, 1.165) is 17.0 Å². The summed E-state index contributed by atoms with van der Waals surface area (Å²) < 4.78 is 5.40. The van der Waals surface area contributed by atoms with Crippen LogP contribution in [0.3, 0.4) is 0 Å². The van der Waals surface area contributed by atoms with E-state index in [0.29, 0.717) is 18.0 Å². The number of hydrogen-bond donors (Lipinski definition) is 2. The molecule has 0 aliphatic heterocycles. The minimum Gasteiger partial charge on any atom is -0.494 e. The van der Waals surface area contributed by atoms with Gasteiger partial charge in [0.05, 0.1) is 12.3 Å². The molecule has 0 aliphatic rings. The van der Waals surface area contributed by atoms with Crippen LogP contribution in [0.1, 0.15) is 56.4 Å². The van der Waals surface area contributed by atoms with Crippen LogP contribution in [0.25, 0.3) is 0 Å². The van der Waals surface area contributed by atoms with Gasteiger partial charge in [0.15, 0.2) is 5.69 Å². The normalized spacial score (nSPS) is 12.1. The molecular formula is C18H24N4O2. The molecule has 0 saturated heterocycles. The fourth-order valence-corrected chi connectivity index (χ4v) is 2.04. The maximum atomic E-state index is 12.1. The average Bonchev–Trinajstić information content (AvgIpc) is 3.03. The Kier molecular flexibility index (Phi) is 5.39. The number of nitrogens with one attached hydrogen (secondary N) is 2. The third-order valence-electron chi connectivity index (χ3n) is 3.53. The van der Waals surface area contributed by atoms with E-state index >= 15 is 0 Å². The Hall–Kier alpha value is -2.63. The van der Waals surface area contributed by atoms with Crippen molar-refractivity contribution in [1.29, 1.82) is 0 Å². The van der Waals surface area contributed by atoms with Crippen LogP contribution >= 0.6 is 0 Å². The smallest absolute Gasteiger partial charge is 0.291 e. The van der Waals surface area contributed by atoms with Crippen molar-refractivity contribution in [3.05, 3.63) is 47.3 Å². The van der Waals surface area contributed by atoms with Crippen LogP contribution in [-0.4, -0.2) is 28.4 Å². The number of H-pyrrole nitrogens is 1. The molecule has 2 aromatic rings. The molecule has 1 aromatic heterocycles. The SMILES string of the molecule is CCOc1ccc(/C(C)=N\NC(=O)c2cc(C(C)(C)C)[nH]n2)cc1. The van der Waals surface area contributed by atoms with Gasteiger partial charge in [0, 0.05) is 11.1 Å². The summed E-state index contributed by atoms with van der Waals surface area (Å²) in [6.45, 7) is 10.6. The molecule has 24 heavy (non-hydrogen) atoms.